The Morgan fingerprint density at radius 1 is 0.432 bits per heavy atom. The standard InChI is InChI=1S/C34H65O2P/c1-4-7-9-11-13-15-17-19-21-23-25-27-29-31-33(35)37(6-3)34(36)32-30-28-26-24-22-20-18-16-14-12-10-8-5-2/h6H,3-5,7-32H2,1-2H3. The SMILES string of the molecule is C=CP(C(=O)CCCCCCCCCCCCCCC)C(=O)CCCCCCCCCCCCCCC. The first-order chi connectivity index (χ1) is 18.2. The predicted octanol–water partition coefficient (Wildman–Crippen LogP) is 12.6. The van der Waals surface area contributed by atoms with Gasteiger partial charge >= 0.3 is 0 Å². The Labute approximate surface area is 234 Å². The molecule has 0 saturated heterocycles. The largest absolute Gasteiger partial charge is 0.294 e. The van der Waals surface area contributed by atoms with Crippen LogP contribution in [0, 0.1) is 0 Å². The topological polar surface area (TPSA) is 34.1 Å². The van der Waals surface area contributed by atoms with Crippen molar-refractivity contribution >= 4 is 19.0 Å². The molecule has 0 aliphatic heterocycles. The van der Waals surface area contributed by atoms with E-state index in [0.29, 0.717) is 12.8 Å². The molecule has 3 heteroatoms. The van der Waals surface area contributed by atoms with Gasteiger partial charge in [0.1, 0.15) is 0 Å². The van der Waals surface area contributed by atoms with Gasteiger partial charge in [0.25, 0.3) is 0 Å². The molecule has 0 N–H and O–H groups in total. The van der Waals surface area contributed by atoms with Crippen LogP contribution in [0.4, 0.5) is 0 Å². The molecule has 0 heterocycles. The van der Waals surface area contributed by atoms with Crippen LogP contribution in [-0.2, 0) is 9.59 Å². The van der Waals surface area contributed by atoms with Gasteiger partial charge in [-0.3, -0.25) is 9.59 Å². The molecular weight excluding hydrogens is 471 g/mol. The quantitative estimate of drug-likeness (QED) is 0.0652. The molecule has 0 rings (SSSR count). The Kier molecular flexibility index (Phi) is 29.7. The molecule has 218 valence electrons. The molecule has 0 saturated carbocycles. The lowest BCUT2D eigenvalue weighted by Gasteiger charge is -2.11. The van der Waals surface area contributed by atoms with Crippen molar-refractivity contribution in [1.82, 2.24) is 0 Å². The van der Waals surface area contributed by atoms with Crippen molar-refractivity contribution in [3.8, 4) is 0 Å². The minimum absolute atomic E-state index is 0.160. The van der Waals surface area contributed by atoms with E-state index in [4.69, 9.17) is 0 Å². The number of rotatable bonds is 31. The zero-order chi connectivity index (χ0) is 27.2. The number of carbonyl (C=O) groups is 2. The summed E-state index contributed by atoms with van der Waals surface area (Å²) in [6.07, 6.45) is 35.2. The van der Waals surface area contributed by atoms with Gasteiger partial charge in [-0.1, -0.05) is 180 Å². The summed E-state index contributed by atoms with van der Waals surface area (Å²) >= 11 is 0. The molecular formula is C34H65O2P. The van der Waals surface area contributed by atoms with E-state index in [2.05, 4.69) is 20.4 Å². The monoisotopic (exact) mass is 536 g/mol. The predicted molar refractivity (Wildman–Crippen MR) is 168 cm³/mol. The third-order valence-electron chi connectivity index (χ3n) is 7.71. The normalized spacial score (nSPS) is 11.3. The first-order valence-electron chi connectivity index (χ1n) is 16.6. The number of hydrogen-bond acceptors (Lipinski definition) is 2. The fraction of sp³-hybridized carbons (Fsp3) is 0.882. The maximum Gasteiger partial charge on any atom is 0.165 e. The van der Waals surface area contributed by atoms with Crippen LogP contribution in [0.15, 0.2) is 12.4 Å². The van der Waals surface area contributed by atoms with Gasteiger partial charge in [0.15, 0.2) is 11.0 Å². The molecule has 0 spiro atoms. The van der Waals surface area contributed by atoms with Gasteiger partial charge < -0.3 is 0 Å². The lowest BCUT2D eigenvalue weighted by Crippen LogP contribution is -2.04. The van der Waals surface area contributed by atoms with Gasteiger partial charge in [-0.05, 0) is 12.8 Å². The highest BCUT2D eigenvalue weighted by Gasteiger charge is 2.21. The molecule has 0 bridgehead atoms. The average Bonchev–Trinajstić information content (AvgIpc) is 2.90. The Morgan fingerprint density at radius 3 is 0.865 bits per heavy atom. The Bertz CT molecular complexity index is 474. The van der Waals surface area contributed by atoms with Crippen LogP contribution < -0.4 is 0 Å². The molecule has 0 aromatic rings. The van der Waals surface area contributed by atoms with Crippen LogP contribution in [0.25, 0.3) is 0 Å². The minimum Gasteiger partial charge on any atom is -0.294 e. The number of carbonyl (C=O) groups excluding carboxylic acids is 2. The van der Waals surface area contributed by atoms with Crippen LogP contribution in [-0.4, -0.2) is 11.0 Å². The molecule has 0 fully saturated rings. The van der Waals surface area contributed by atoms with Crippen molar-refractivity contribution < 1.29 is 9.59 Å². The fourth-order valence-corrected chi connectivity index (χ4v) is 6.66. The third kappa shape index (κ3) is 25.5. The summed E-state index contributed by atoms with van der Waals surface area (Å²) in [4.78, 5) is 25.2. The van der Waals surface area contributed by atoms with Gasteiger partial charge in [-0.2, -0.15) is 0 Å². The van der Waals surface area contributed by atoms with Crippen LogP contribution in [0.2, 0.25) is 0 Å². The van der Waals surface area contributed by atoms with Crippen molar-refractivity contribution in [3.63, 3.8) is 0 Å². The summed E-state index contributed by atoms with van der Waals surface area (Å²) in [5, 5.41) is 0. The first kappa shape index (κ1) is 36.5. The highest BCUT2D eigenvalue weighted by atomic mass is 31.1. The molecule has 0 atom stereocenters. The van der Waals surface area contributed by atoms with Crippen LogP contribution in [0.5, 0.6) is 0 Å². The molecule has 2 nitrogen and oxygen atoms in total. The maximum absolute atomic E-state index is 12.6. The van der Waals surface area contributed by atoms with Crippen LogP contribution >= 0.6 is 7.92 Å². The summed E-state index contributed by atoms with van der Waals surface area (Å²) in [6, 6.07) is 0. The minimum atomic E-state index is -1.28. The van der Waals surface area contributed by atoms with Crippen molar-refractivity contribution in [3.05, 3.63) is 12.4 Å². The highest BCUT2D eigenvalue weighted by Crippen LogP contribution is 2.42. The van der Waals surface area contributed by atoms with Crippen molar-refractivity contribution in [1.29, 1.82) is 0 Å². The first-order valence-corrected chi connectivity index (χ1v) is 18.1. The van der Waals surface area contributed by atoms with Gasteiger partial charge in [0.2, 0.25) is 0 Å². The summed E-state index contributed by atoms with van der Waals surface area (Å²) < 4.78 is 0. The lowest BCUT2D eigenvalue weighted by molar-refractivity contribution is -0.114. The van der Waals surface area contributed by atoms with Gasteiger partial charge in [-0.15, -0.1) is 0 Å². The Morgan fingerprint density at radius 2 is 0.649 bits per heavy atom. The smallest absolute Gasteiger partial charge is 0.165 e. The molecule has 0 radical (unpaired) electrons. The van der Waals surface area contributed by atoms with E-state index in [1.807, 2.05) is 0 Å². The molecule has 37 heavy (non-hydrogen) atoms. The molecule has 0 aromatic heterocycles. The van der Waals surface area contributed by atoms with Crippen molar-refractivity contribution in [2.24, 2.45) is 0 Å². The lowest BCUT2D eigenvalue weighted by atomic mass is 10.0. The second-order valence-electron chi connectivity index (χ2n) is 11.3. The van der Waals surface area contributed by atoms with E-state index < -0.39 is 7.92 Å². The summed E-state index contributed by atoms with van der Waals surface area (Å²) in [6.45, 7) is 8.36. The maximum atomic E-state index is 12.6. The Balaban J connectivity index is 3.58. The van der Waals surface area contributed by atoms with Gasteiger partial charge in [0, 0.05) is 12.8 Å². The third-order valence-corrected chi connectivity index (χ3v) is 9.60. The van der Waals surface area contributed by atoms with Crippen molar-refractivity contribution in [2.75, 3.05) is 0 Å². The van der Waals surface area contributed by atoms with E-state index >= 15 is 0 Å². The summed E-state index contributed by atoms with van der Waals surface area (Å²) in [5.74, 6) is 1.66. The molecule has 0 aliphatic rings. The van der Waals surface area contributed by atoms with E-state index in [1.165, 1.54) is 141 Å². The van der Waals surface area contributed by atoms with Crippen LogP contribution in [0.3, 0.4) is 0 Å². The van der Waals surface area contributed by atoms with Crippen molar-refractivity contribution in [2.45, 2.75) is 194 Å². The number of unbranched alkanes of at least 4 members (excludes halogenated alkanes) is 24. The highest BCUT2D eigenvalue weighted by molar-refractivity contribution is 7.91. The zero-order valence-electron chi connectivity index (χ0n) is 25.3. The van der Waals surface area contributed by atoms with Gasteiger partial charge in [-0.25, -0.2) is 0 Å². The molecule has 0 aromatic carbocycles. The molecule has 0 amide bonds. The Hall–Kier alpha value is -0.490. The van der Waals surface area contributed by atoms with Gasteiger partial charge in [0.05, 0.1) is 7.92 Å². The summed E-state index contributed by atoms with van der Waals surface area (Å²) in [5.41, 5.74) is 0.320. The summed E-state index contributed by atoms with van der Waals surface area (Å²) in [7, 11) is -1.28. The number of hydrogen-bond donors (Lipinski definition) is 0. The molecule has 0 aliphatic carbocycles. The van der Waals surface area contributed by atoms with E-state index in [1.54, 1.807) is 5.82 Å². The fourth-order valence-electron chi connectivity index (χ4n) is 5.17. The zero-order valence-corrected chi connectivity index (χ0v) is 26.2. The molecule has 0 unspecified atom stereocenters. The van der Waals surface area contributed by atoms with Crippen LogP contribution in [0.1, 0.15) is 194 Å². The van der Waals surface area contributed by atoms with E-state index in [9.17, 15) is 9.59 Å². The van der Waals surface area contributed by atoms with E-state index in [0.717, 1.165) is 25.7 Å². The second kappa shape index (κ2) is 30.1. The van der Waals surface area contributed by atoms with E-state index in [-0.39, 0.29) is 11.0 Å². The average molecular weight is 537 g/mol. The second-order valence-corrected chi connectivity index (χ2v) is 13.4.